The summed E-state index contributed by atoms with van der Waals surface area (Å²) >= 11 is 0. The molecule has 1 aliphatic rings. The van der Waals surface area contributed by atoms with Gasteiger partial charge in [-0.3, -0.25) is 9.59 Å². The number of hydrogen-bond donors (Lipinski definition) is 2. The number of unbranched alkanes of at least 4 members (excludes halogenated alkanes) is 2. The van der Waals surface area contributed by atoms with E-state index in [9.17, 15) is 18.4 Å². The summed E-state index contributed by atoms with van der Waals surface area (Å²) in [5.74, 6) is -1.30. The Kier molecular flexibility index (Phi) is 34.3. The summed E-state index contributed by atoms with van der Waals surface area (Å²) in [5.41, 5.74) is 3.15. The second-order valence-electron chi connectivity index (χ2n) is 10.5. The molecule has 1 aliphatic carbocycles. The number of likely N-dealkylation sites (N-methyl/N-ethyl adjacent to an activating group) is 1. The monoisotopic (exact) mass is 658 g/mol. The van der Waals surface area contributed by atoms with Gasteiger partial charge in [-0.05, 0) is 69.7 Å². The van der Waals surface area contributed by atoms with Crippen molar-refractivity contribution in [2.45, 2.75) is 126 Å². The average molecular weight is 659 g/mol. The molecule has 2 N–H and O–H groups in total. The largest absolute Gasteiger partial charge is 0.353 e. The van der Waals surface area contributed by atoms with E-state index in [2.05, 4.69) is 74.2 Å². The van der Waals surface area contributed by atoms with Crippen LogP contribution in [0.2, 0.25) is 0 Å². The first-order valence-corrected chi connectivity index (χ1v) is 16.6. The van der Waals surface area contributed by atoms with Crippen molar-refractivity contribution in [2.75, 3.05) is 13.6 Å². The van der Waals surface area contributed by atoms with Gasteiger partial charge in [-0.15, -0.1) is 18.6 Å². The summed E-state index contributed by atoms with van der Waals surface area (Å²) in [6.45, 7) is 26.6. The fourth-order valence-electron chi connectivity index (χ4n) is 3.54. The molecule has 0 aliphatic heterocycles. The third kappa shape index (κ3) is 24.1. The average Bonchev–Trinajstić information content (AvgIpc) is 3.06. The minimum atomic E-state index is -0.717. The van der Waals surface area contributed by atoms with Crippen LogP contribution >= 0.6 is 0 Å². The van der Waals surface area contributed by atoms with E-state index in [4.69, 9.17) is 0 Å². The van der Waals surface area contributed by atoms with Gasteiger partial charge in [0.2, 0.25) is 5.91 Å². The van der Waals surface area contributed by atoms with E-state index >= 15 is 0 Å². The molecule has 266 valence electrons. The lowest BCUT2D eigenvalue weighted by atomic mass is 9.88. The van der Waals surface area contributed by atoms with E-state index < -0.39 is 17.2 Å². The molecule has 1 aromatic carbocycles. The van der Waals surface area contributed by atoms with E-state index in [0.717, 1.165) is 6.07 Å². The number of Topliss-reactive ketones (excluding diaryl/α,β-unsaturated/α-hetero) is 1. The maximum absolute atomic E-state index is 14.0. The Labute approximate surface area is 286 Å². The van der Waals surface area contributed by atoms with Crippen LogP contribution in [-0.2, 0) is 22.4 Å². The predicted molar refractivity (Wildman–Crippen MR) is 199 cm³/mol. The van der Waals surface area contributed by atoms with Gasteiger partial charge in [0.1, 0.15) is 17.5 Å². The molecule has 6 nitrogen and oxygen atoms in total. The Balaban J connectivity index is -0.000000428. The number of allylic oxidation sites excluding steroid dienone is 3. The fourth-order valence-corrected chi connectivity index (χ4v) is 3.54. The first-order chi connectivity index (χ1) is 22.3. The molecule has 0 saturated carbocycles. The molecule has 0 saturated heterocycles. The maximum Gasteiger partial charge on any atom is 0.239 e. The highest BCUT2D eigenvalue weighted by Crippen LogP contribution is 2.25. The Bertz CT molecular complexity index is 1130. The molecular weight excluding hydrogens is 594 g/mol. The van der Waals surface area contributed by atoms with Gasteiger partial charge in [0, 0.05) is 19.2 Å². The molecule has 0 bridgehead atoms. The van der Waals surface area contributed by atoms with Crippen molar-refractivity contribution >= 4 is 18.0 Å². The van der Waals surface area contributed by atoms with E-state index in [1.165, 1.54) is 45.0 Å². The number of terminal acetylenes is 1. The Morgan fingerprint density at radius 2 is 1.72 bits per heavy atom. The number of ketones is 1. The summed E-state index contributed by atoms with van der Waals surface area (Å²) in [7, 11) is 1.72. The minimum Gasteiger partial charge on any atom is -0.353 e. The number of amides is 1. The number of fused-ring (bicyclic) bond motifs is 1. The number of aryl methyl sites for hydroxylation is 1. The van der Waals surface area contributed by atoms with Gasteiger partial charge >= 0.3 is 0 Å². The number of benzene rings is 1. The number of hydrogen-bond acceptors (Lipinski definition) is 4. The van der Waals surface area contributed by atoms with E-state index in [0.29, 0.717) is 30.4 Å². The summed E-state index contributed by atoms with van der Waals surface area (Å²) in [4.78, 5) is 29.4. The van der Waals surface area contributed by atoms with Gasteiger partial charge in [0.25, 0.3) is 0 Å². The standard InChI is InChI=1S/C21H28F2N4O2.C9H14.C3H8.2C2H6.C2H2/c1-13(28)21(3,4)27(5)12-25-14(2)26-20(29)11-24-17-7-6-15-8-16(22)9-19(23)18(15)10-17;1-3-5-7-9-8-6-4-2;1-3-2;3*1-2/h8-9,12,17,24H,2,6-7,10-11H2,1,3-5H3,(H,26,29);5,7,9H,1,4,6,8H2,2H3;3H2,1-2H3;2*1-2H3;1-2H/b25-12-;9-7-;;;;. The van der Waals surface area contributed by atoms with Gasteiger partial charge in [-0.25, -0.2) is 13.8 Å². The highest BCUT2D eigenvalue weighted by atomic mass is 19.1. The summed E-state index contributed by atoms with van der Waals surface area (Å²) < 4.78 is 27.3. The highest BCUT2D eigenvalue weighted by molar-refractivity contribution is 5.87. The molecule has 0 radical (unpaired) electrons. The first kappa shape index (κ1) is 50.1. The van der Waals surface area contributed by atoms with Crippen LogP contribution in [0.3, 0.4) is 0 Å². The van der Waals surface area contributed by atoms with Crippen LogP contribution in [0, 0.1) is 24.5 Å². The number of carbonyl (C=O) groups excluding carboxylic acids is 2. The van der Waals surface area contributed by atoms with Crippen LogP contribution < -0.4 is 10.6 Å². The Morgan fingerprint density at radius 1 is 1.15 bits per heavy atom. The van der Waals surface area contributed by atoms with Crippen LogP contribution in [0.5, 0.6) is 0 Å². The molecule has 2 rings (SSSR count). The van der Waals surface area contributed by atoms with E-state index in [1.54, 1.807) is 25.8 Å². The first-order valence-electron chi connectivity index (χ1n) is 16.6. The zero-order valence-corrected chi connectivity index (χ0v) is 31.2. The van der Waals surface area contributed by atoms with Gasteiger partial charge in [0.05, 0.1) is 18.4 Å². The van der Waals surface area contributed by atoms with Gasteiger partial charge in [0.15, 0.2) is 5.78 Å². The van der Waals surface area contributed by atoms with Crippen molar-refractivity contribution in [1.82, 2.24) is 15.5 Å². The number of rotatable bonds is 12. The van der Waals surface area contributed by atoms with Crippen LogP contribution in [-0.4, -0.2) is 48.1 Å². The number of carbonyl (C=O) groups is 2. The minimum absolute atomic E-state index is 0.0153. The molecule has 47 heavy (non-hydrogen) atoms. The molecule has 0 fully saturated rings. The fraction of sp³-hybridized carbons (Fsp3) is 0.538. The molecule has 1 unspecified atom stereocenters. The van der Waals surface area contributed by atoms with Crippen LogP contribution in [0.15, 0.2) is 60.1 Å². The molecule has 1 amide bonds. The van der Waals surface area contributed by atoms with Crippen molar-refractivity contribution in [3.63, 3.8) is 0 Å². The SMILES string of the molecule is C#C.C=C(/N=C\N(C)C(C)(C)C(C)=O)NC(=O)CNC1CCc2cc(F)cc(F)c2C1.C=C=C/C=C\CCCC.CC.CC.CCC. The third-order valence-corrected chi connectivity index (χ3v) is 6.50. The summed E-state index contributed by atoms with van der Waals surface area (Å²) in [6, 6.07) is 2.18. The van der Waals surface area contributed by atoms with Crippen molar-refractivity contribution in [2.24, 2.45) is 4.99 Å². The van der Waals surface area contributed by atoms with Gasteiger partial charge in [-0.1, -0.05) is 93.0 Å². The maximum atomic E-state index is 14.0. The highest BCUT2D eigenvalue weighted by Gasteiger charge is 2.27. The number of nitrogens with one attached hydrogen (secondary N) is 2. The summed E-state index contributed by atoms with van der Waals surface area (Å²) in [5, 5.41) is 5.66. The van der Waals surface area contributed by atoms with Crippen LogP contribution in [0.1, 0.15) is 112 Å². The van der Waals surface area contributed by atoms with Gasteiger partial charge < -0.3 is 15.5 Å². The zero-order chi connectivity index (χ0) is 37.4. The predicted octanol–water partition coefficient (Wildman–Crippen LogP) is 9.12. The Hall–Kier alpha value is -3.79. The number of halogens is 2. The van der Waals surface area contributed by atoms with Crippen LogP contribution in [0.4, 0.5) is 8.78 Å². The quantitative estimate of drug-likeness (QED) is 0.0587. The molecule has 0 spiro atoms. The van der Waals surface area contributed by atoms with E-state index in [1.807, 2.05) is 39.8 Å². The smallest absolute Gasteiger partial charge is 0.239 e. The third-order valence-electron chi connectivity index (χ3n) is 6.50. The summed E-state index contributed by atoms with van der Waals surface area (Å²) in [6.07, 6.45) is 22.0. The zero-order valence-electron chi connectivity index (χ0n) is 31.2. The second kappa shape index (κ2) is 32.2. The lowest BCUT2D eigenvalue weighted by molar-refractivity contribution is -0.124. The number of aliphatic imine (C=N–C) groups is 1. The topological polar surface area (TPSA) is 73.8 Å². The molecule has 0 aromatic heterocycles. The lowest BCUT2D eigenvalue weighted by Crippen LogP contribution is -2.46. The molecule has 1 aromatic rings. The van der Waals surface area contributed by atoms with Crippen LogP contribution in [0.25, 0.3) is 0 Å². The Morgan fingerprint density at radius 3 is 2.23 bits per heavy atom. The van der Waals surface area contributed by atoms with Gasteiger partial charge in [-0.2, -0.15) is 0 Å². The lowest BCUT2D eigenvalue weighted by Gasteiger charge is -2.31. The molecular formula is C39H64F2N4O2. The van der Waals surface area contributed by atoms with Crippen molar-refractivity contribution in [3.8, 4) is 12.8 Å². The van der Waals surface area contributed by atoms with Crippen molar-refractivity contribution in [3.05, 3.63) is 77.8 Å². The van der Waals surface area contributed by atoms with Crippen molar-refractivity contribution < 1.29 is 18.4 Å². The second-order valence-corrected chi connectivity index (χ2v) is 10.5. The molecule has 1 atom stereocenters. The normalized spacial score (nSPS) is 12.6. The van der Waals surface area contributed by atoms with Crippen molar-refractivity contribution in [1.29, 1.82) is 0 Å². The molecule has 8 heteroatoms. The number of nitrogens with zero attached hydrogens (tertiary/aromatic N) is 2. The van der Waals surface area contributed by atoms with E-state index in [-0.39, 0.29) is 30.1 Å². The molecule has 0 heterocycles.